The van der Waals surface area contributed by atoms with Gasteiger partial charge in [0.1, 0.15) is 23.9 Å². The first-order valence-corrected chi connectivity index (χ1v) is 7.48. The van der Waals surface area contributed by atoms with Crippen LogP contribution in [0.1, 0.15) is 24.5 Å². The molecule has 21 heavy (non-hydrogen) atoms. The van der Waals surface area contributed by atoms with Crippen LogP contribution < -0.4 is 9.47 Å². The fourth-order valence-electron chi connectivity index (χ4n) is 1.90. The minimum absolute atomic E-state index is 0.230. The summed E-state index contributed by atoms with van der Waals surface area (Å²) in [6.07, 6.45) is 0.955. The summed E-state index contributed by atoms with van der Waals surface area (Å²) in [7, 11) is 0. The molecule has 0 heterocycles. The summed E-state index contributed by atoms with van der Waals surface area (Å²) in [5, 5.41) is 9.46. The highest BCUT2D eigenvalue weighted by Gasteiger charge is 2.06. The molecule has 2 rings (SSSR count). The monoisotopic (exact) mass is 306 g/mol. The van der Waals surface area contributed by atoms with Gasteiger partial charge in [0.15, 0.2) is 0 Å². The molecule has 0 aliphatic heterocycles. The number of hydrogen-bond donors (Lipinski definition) is 1. The van der Waals surface area contributed by atoms with Crippen LogP contribution in [0, 0.1) is 0 Å². The minimum atomic E-state index is 0.230. The maximum absolute atomic E-state index is 9.46. The maximum atomic E-state index is 9.46. The second-order valence-electron chi connectivity index (χ2n) is 4.71. The molecule has 4 heteroatoms. The third-order valence-corrected chi connectivity index (χ3v) is 3.25. The quantitative estimate of drug-likeness (QED) is 0.766. The molecule has 0 aliphatic rings. The normalized spacial score (nSPS) is 10.4. The maximum Gasteiger partial charge on any atom is 0.127 e. The Labute approximate surface area is 130 Å². The molecule has 1 N–H and O–H groups in total. The zero-order valence-corrected chi connectivity index (χ0v) is 12.8. The molecule has 0 saturated heterocycles. The van der Waals surface area contributed by atoms with E-state index in [1.54, 1.807) is 18.2 Å². The molecule has 2 aromatic rings. The van der Waals surface area contributed by atoms with E-state index >= 15 is 0 Å². The zero-order valence-electron chi connectivity index (χ0n) is 12.0. The second kappa shape index (κ2) is 7.79. The van der Waals surface area contributed by atoms with Crippen LogP contribution in [0.15, 0.2) is 42.5 Å². The Hall–Kier alpha value is -1.87. The van der Waals surface area contributed by atoms with E-state index in [1.165, 1.54) is 0 Å². The molecule has 0 atom stereocenters. The van der Waals surface area contributed by atoms with Crippen LogP contribution in [-0.4, -0.2) is 11.7 Å². The van der Waals surface area contributed by atoms with Crippen molar-refractivity contribution in [1.82, 2.24) is 0 Å². The summed E-state index contributed by atoms with van der Waals surface area (Å²) < 4.78 is 11.4. The molecule has 0 aliphatic carbocycles. The highest BCUT2D eigenvalue weighted by atomic mass is 35.5. The van der Waals surface area contributed by atoms with Crippen molar-refractivity contribution in [2.45, 2.75) is 25.8 Å². The van der Waals surface area contributed by atoms with E-state index in [1.807, 2.05) is 24.3 Å². The predicted octanol–water partition coefficient (Wildman–Crippen LogP) is 4.50. The third-order valence-electron chi connectivity index (χ3n) is 2.96. The molecular formula is C17H19ClO3. The van der Waals surface area contributed by atoms with Crippen LogP contribution in [0.25, 0.3) is 0 Å². The first-order valence-electron chi connectivity index (χ1n) is 6.95. The molecule has 0 radical (unpaired) electrons. The van der Waals surface area contributed by atoms with E-state index < -0.39 is 0 Å². The van der Waals surface area contributed by atoms with Crippen LogP contribution in [-0.2, 0) is 12.5 Å². The number of halogens is 1. The highest BCUT2D eigenvalue weighted by Crippen LogP contribution is 2.27. The zero-order chi connectivity index (χ0) is 15.1. The molecule has 0 saturated carbocycles. The van der Waals surface area contributed by atoms with E-state index in [0.717, 1.165) is 23.3 Å². The lowest BCUT2D eigenvalue weighted by atomic mass is 10.2. The van der Waals surface area contributed by atoms with E-state index in [0.29, 0.717) is 24.8 Å². The van der Waals surface area contributed by atoms with Crippen molar-refractivity contribution in [3.05, 3.63) is 53.6 Å². The molecule has 0 aromatic heterocycles. The number of rotatable bonds is 7. The first-order chi connectivity index (χ1) is 10.2. The average Bonchev–Trinajstić information content (AvgIpc) is 2.51. The Morgan fingerprint density at radius 1 is 1.10 bits per heavy atom. The summed E-state index contributed by atoms with van der Waals surface area (Å²) in [6.45, 7) is 3.11. The SMILES string of the molecule is CCCOc1ccc(CCl)c(OCc2cccc(O)c2)c1. The molecule has 112 valence electrons. The molecule has 3 nitrogen and oxygen atoms in total. The fourth-order valence-corrected chi connectivity index (χ4v) is 2.12. The fraction of sp³-hybridized carbons (Fsp3) is 0.294. The number of ether oxygens (including phenoxy) is 2. The largest absolute Gasteiger partial charge is 0.508 e. The van der Waals surface area contributed by atoms with Gasteiger partial charge in [-0.3, -0.25) is 0 Å². The Morgan fingerprint density at radius 2 is 1.95 bits per heavy atom. The van der Waals surface area contributed by atoms with Gasteiger partial charge >= 0.3 is 0 Å². The Balaban J connectivity index is 2.09. The van der Waals surface area contributed by atoms with Gasteiger partial charge < -0.3 is 14.6 Å². The van der Waals surface area contributed by atoms with Gasteiger partial charge in [-0.1, -0.05) is 25.1 Å². The van der Waals surface area contributed by atoms with Crippen molar-refractivity contribution in [3.63, 3.8) is 0 Å². The van der Waals surface area contributed by atoms with E-state index in [9.17, 15) is 5.11 Å². The standard InChI is InChI=1S/C17H19ClO3/c1-2-8-20-16-7-6-14(11-18)17(10-16)21-12-13-4-3-5-15(19)9-13/h3-7,9-10,19H,2,8,11-12H2,1H3. The van der Waals surface area contributed by atoms with Gasteiger partial charge in [0, 0.05) is 11.6 Å². The summed E-state index contributed by atoms with van der Waals surface area (Å²) in [5.74, 6) is 2.09. The highest BCUT2D eigenvalue weighted by molar-refractivity contribution is 6.17. The van der Waals surface area contributed by atoms with Crippen LogP contribution in [0.5, 0.6) is 17.2 Å². The molecule has 0 fully saturated rings. The number of hydrogen-bond acceptors (Lipinski definition) is 3. The van der Waals surface area contributed by atoms with Crippen molar-refractivity contribution in [2.75, 3.05) is 6.61 Å². The van der Waals surface area contributed by atoms with Gasteiger partial charge in [-0.15, -0.1) is 11.6 Å². The lowest BCUT2D eigenvalue weighted by Crippen LogP contribution is -2.00. The molecule has 0 spiro atoms. The van der Waals surface area contributed by atoms with Gasteiger partial charge in [-0.25, -0.2) is 0 Å². The third kappa shape index (κ3) is 4.57. The van der Waals surface area contributed by atoms with Gasteiger partial charge in [0.2, 0.25) is 0 Å². The summed E-state index contributed by atoms with van der Waals surface area (Å²) in [5.41, 5.74) is 1.82. The topological polar surface area (TPSA) is 38.7 Å². The summed E-state index contributed by atoms with van der Waals surface area (Å²) in [4.78, 5) is 0. The van der Waals surface area contributed by atoms with Crippen LogP contribution in [0.3, 0.4) is 0 Å². The Kier molecular flexibility index (Phi) is 5.76. The Bertz CT molecular complexity index is 584. The average molecular weight is 307 g/mol. The van der Waals surface area contributed by atoms with Gasteiger partial charge in [-0.05, 0) is 30.2 Å². The lowest BCUT2D eigenvalue weighted by Gasteiger charge is -2.13. The predicted molar refractivity (Wildman–Crippen MR) is 84.2 cm³/mol. The number of benzene rings is 2. The summed E-state index contributed by atoms with van der Waals surface area (Å²) >= 11 is 5.93. The van der Waals surface area contributed by atoms with Gasteiger partial charge in [0.25, 0.3) is 0 Å². The smallest absolute Gasteiger partial charge is 0.127 e. The van der Waals surface area contributed by atoms with Crippen LogP contribution >= 0.6 is 11.6 Å². The van der Waals surface area contributed by atoms with E-state index in [-0.39, 0.29) is 5.75 Å². The van der Waals surface area contributed by atoms with E-state index in [4.69, 9.17) is 21.1 Å². The van der Waals surface area contributed by atoms with Crippen LogP contribution in [0.4, 0.5) is 0 Å². The molecule has 0 unspecified atom stereocenters. The number of phenolic OH excluding ortho intramolecular Hbond substituents is 1. The number of phenols is 1. The second-order valence-corrected chi connectivity index (χ2v) is 4.98. The lowest BCUT2D eigenvalue weighted by molar-refractivity contribution is 0.292. The molecule has 0 amide bonds. The van der Waals surface area contributed by atoms with Crippen molar-refractivity contribution < 1.29 is 14.6 Å². The Morgan fingerprint density at radius 3 is 2.67 bits per heavy atom. The number of alkyl halides is 1. The molecule has 2 aromatic carbocycles. The molecule has 0 bridgehead atoms. The van der Waals surface area contributed by atoms with E-state index in [2.05, 4.69) is 6.92 Å². The van der Waals surface area contributed by atoms with Gasteiger partial charge in [0.05, 0.1) is 12.5 Å². The minimum Gasteiger partial charge on any atom is -0.508 e. The number of aromatic hydroxyl groups is 1. The summed E-state index contributed by atoms with van der Waals surface area (Å²) in [6, 6.07) is 12.7. The van der Waals surface area contributed by atoms with Crippen LogP contribution in [0.2, 0.25) is 0 Å². The molecular weight excluding hydrogens is 288 g/mol. The van der Waals surface area contributed by atoms with Crippen molar-refractivity contribution in [3.8, 4) is 17.2 Å². The van der Waals surface area contributed by atoms with Crippen molar-refractivity contribution >= 4 is 11.6 Å². The van der Waals surface area contributed by atoms with Crippen molar-refractivity contribution in [2.24, 2.45) is 0 Å². The van der Waals surface area contributed by atoms with Crippen molar-refractivity contribution in [1.29, 1.82) is 0 Å². The van der Waals surface area contributed by atoms with Gasteiger partial charge in [-0.2, -0.15) is 0 Å². The first kappa shape index (κ1) is 15.5.